The molecule has 2 aromatic carbocycles. The minimum absolute atomic E-state index is 0.0229. The van der Waals surface area contributed by atoms with Crippen molar-refractivity contribution in [3.63, 3.8) is 0 Å². The second-order valence-electron chi connectivity index (χ2n) is 8.01. The van der Waals surface area contributed by atoms with Crippen molar-refractivity contribution in [2.45, 2.75) is 36.6 Å². The third-order valence-corrected chi connectivity index (χ3v) is 7.30. The molecule has 0 saturated heterocycles. The van der Waals surface area contributed by atoms with Crippen molar-refractivity contribution < 1.29 is 26.0 Å². The van der Waals surface area contributed by atoms with Crippen molar-refractivity contribution in [2.24, 2.45) is 0 Å². The monoisotopic (exact) mass is 503 g/mol. The van der Waals surface area contributed by atoms with Gasteiger partial charge in [-0.15, -0.1) is 10.2 Å². The number of hydrogen-bond acceptors (Lipinski definition) is 8. The maximum atomic E-state index is 12.6. The fraction of sp³-hybridized carbons (Fsp3) is 0.217. The fourth-order valence-electron chi connectivity index (χ4n) is 3.21. The average Bonchev–Trinajstić information content (AvgIpc) is 3.29. The summed E-state index contributed by atoms with van der Waals surface area (Å²) in [6, 6.07) is 11.8. The molecule has 0 saturated carbocycles. The lowest BCUT2D eigenvalue weighted by atomic mass is 10.1. The number of benzene rings is 2. The highest BCUT2D eigenvalue weighted by atomic mass is 32.2. The van der Waals surface area contributed by atoms with Gasteiger partial charge in [0.25, 0.3) is 5.89 Å². The van der Waals surface area contributed by atoms with E-state index in [-0.39, 0.29) is 33.8 Å². The second-order valence-corrected chi connectivity index (χ2v) is 10.5. The maximum Gasteiger partial charge on any atom is 0.393 e. The summed E-state index contributed by atoms with van der Waals surface area (Å²) in [6.45, 7) is 3.22. The topological polar surface area (TPSA) is 125 Å². The van der Waals surface area contributed by atoms with Crippen LogP contribution >= 0.6 is 0 Å². The Morgan fingerprint density at radius 1 is 0.943 bits per heavy atom. The first kappa shape index (κ1) is 24.3. The third kappa shape index (κ3) is 5.32. The average molecular weight is 504 g/mol. The van der Waals surface area contributed by atoms with E-state index < -0.39 is 27.7 Å². The molecule has 0 aliphatic heterocycles. The molecule has 4 aromatic rings. The number of nitrogens with zero attached hydrogens (tertiary/aromatic N) is 4. The Hall–Kier alpha value is -3.80. The molecule has 0 bridgehead atoms. The van der Waals surface area contributed by atoms with Crippen LogP contribution in [0, 0.1) is 0 Å². The van der Waals surface area contributed by atoms with E-state index >= 15 is 0 Å². The van der Waals surface area contributed by atoms with Gasteiger partial charge in [0.2, 0.25) is 5.89 Å². The van der Waals surface area contributed by atoms with Crippen LogP contribution in [0.15, 0.2) is 64.0 Å². The summed E-state index contributed by atoms with van der Waals surface area (Å²) in [6.07, 6.45) is -3.91. The lowest BCUT2D eigenvalue weighted by Gasteiger charge is -2.09. The summed E-state index contributed by atoms with van der Waals surface area (Å²) in [7, 11) is -3.41. The minimum atomic E-state index is -4.30. The highest BCUT2D eigenvalue weighted by molar-refractivity contribution is 7.92. The molecule has 8 nitrogen and oxygen atoms in total. The Kier molecular flexibility index (Phi) is 6.32. The van der Waals surface area contributed by atoms with Crippen molar-refractivity contribution in [3.8, 4) is 34.3 Å². The molecule has 2 N–H and O–H groups in total. The molecule has 0 aliphatic rings. The van der Waals surface area contributed by atoms with Crippen LogP contribution < -0.4 is 5.73 Å². The second kappa shape index (κ2) is 9.10. The molecular weight excluding hydrogens is 483 g/mol. The third-order valence-electron chi connectivity index (χ3n) is 5.13. The summed E-state index contributed by atoms with van der Waals surface area (Å²) in [5, 5.41) is 7.33. The van der Waals surface area contributed by atoms with Gasteiger partial charge in [-0.1, -0.05) is 24.3 Å². The molecule has 182 valence electrons. The van der Waals surface area contributed by atoms with Gasteiger partial charge >= 0.3 is 6.18 Å². The Bertz CT molecular complexity index is 1450. The van der Waals surface area contributed by atoms with Crippen LogP contribution in [0.25, 0.3) is 34.3 Å². The van der Waals surface area contributed by atoms with Gasteiger partial charge in [-0.05, 0) is 43.7 Å². The van der Waals surface area contributed by atoms with E-state index in [9.17, 15) is 21.6 Å². The van der Waals surface area contributed by atoms with Gasteiger partial charge in [0, 0.05) is 11.1 Å². The molecule has 0 radical (unpaired) electrons. The van der Waals surface area contributed by atoms with E-state index in [1.54, 1.807) is 26.0 Å². The maximum absolute atomic E-state index is 12.6. The van der Waals surface area contributed by atoms with E-state index in [4.69, 9.17) is 10.2 Å². The molecule has 0 aliphatic carbocycles. The summed E-state index contributed by atoms with van der Waals surface area (Å²) >= 11 is 0. The van der Waals surface area contributed by atoms with Crippen molar-refractivity contribution in [2.75, 3.05) is 5.73 Å². The quantitative estimate of drug-likeness (QED) is 0.400. The van der Waals surface area contributed by atoms with Crippen LogP contribution in [-0.2, 0) is 16.3 Å². The van der Waals surface area contributed by atoms with Crippen LogP contribution in [-0.4, -0.2) is 40.0 Å². The zero-order chi connectivity index (χ0) is 25.4. The van der Waals surface area contributed by atoms with Gasteiger partial charge in [-0.2, -0.15) is 13.2 Å². The van der Waals surface area contributed by atoms with Crippen LogP contribution in [0.3, 0.4) is 0 Å². The largest absolute Gasteiger partial charge is 0.414 e. The zero-order valence-electron chi connectivity index (χ0n) is 18.6. The molecule has 35 heavy (non-hydrogen) atoms. The van der Waals surface area contributed by atoms with Crippen molar-refractivity contribution in [3.05, 3.63) is 60.3 Å². The van der Waals surface area contributed by atoms with E-state index in [0.717, 1.165) is 0 Å². The number of alkyl halides is 3. The number of hydrogen-bond donors (Lipinski definition) is 1. The number of anilines is 1. The number of rotatable bonds is 6. The van der Waals surface area contributed by atoms with Gasteiger partial charge in [0.05, 0.1) is 28.5 Å². The molecule has 0 amide bonds. The van der Waals surface area contributed by atoms with E-state index in [0.29, 0.717) is 16.8 Å². The molecule has 0 unspecified atom stereocenters. The summed E-state index contributed by atoms with van der Waals surface area (Å²) in [5.74, 6) is 0.0853. The van der Waals surface area contributed by atoms with Crippen LogP contribution in [0.4, 0.5) is 19.0 Å². The van der Waals surface area contributed by atoms with Crippen LogP contribution in [0.2, 0.25) is 0 Å². The first-order valence-electron chi connectivity index (χ1n) is 10.4. The zero-order valence-corrected chi connectivity index (χ0v) is 19.4. The first-order valence-corrected chi connectivity index (χ1v) is 12.0. The van der Waals surface area contributed by atoms with Crippen LogP contribution in [0.5, 0.6) is 0 Å². The lowest BCUT2D eigenvalue weighted by molar-refractivity contribution is -0.127. The van der Waals surface area contributed by atoms with E-state index in [1.165, 1.54) is 42.6 Å². The number of aromatic nitrogens is 4. The summed E-state index contributed by atoms with van der Waals surface area (Å²) < 4.78 is 68.0. The smallest absolute Gasteiger partial charge is 0.393 e. The minimum Gasteiger partial charge on any atom is -0.414 e. The molecular formula is C23H20F3N5O3S. The van der Waals surface area contributed by atoms with Crippen molar-refractivity contribution in [1.82, 2.24) is 20.2 Å². The van der Waals surface area contributed by atoms with Crippen molar-refractivity contribution >= 4 is 15.7 Å². The number of halogens is 3. The molecule has 0 atom stereocenters. The fourth-order valence-corrected chi connectivity index (χ4v) is 4.27. The van der Waals surface area contributed by atoms with Gasteiger partial charge in [0.1, 0.15) is 0 Å². The molecule has 12 heteroatoms. The Morgan fingerprint density at radius 2 is 1.54 bits per heavy atom. The molecule has 4 rings (SSSR count). The van der Waals surface area contributed by atoms with E-state index in [2.05, 4.69) is 20.2 Å². The normalized spacial score (nSPS) is 12.3. The van der Waals surface area contributed by atoms with Gasteiger partial charge in [-0.25, -0.2) is 18.4 Å². The standard InChI is InChI=1S/C23H20F3N5O3S/c1-13(2)35(32,33)17-9-7-15(8-10-17)18-12-28-20(27)19(29-18)22-31-30-21(34-22)16-5-3-14(4-6-16)11-23(24,25)26/h3-10,12-13H,11H2,1-2H3,(H2,27,28). The van der Waals surface area contributed by atoms with Crippen molar-refractivity contribution in [1.29, 1.82) is 0 Å². The number of nitrogen functional groups attached to an aromatic ring is 1. The Labute approximate surface area is 199 Å². The van der Waals surface area contributed by atoms with Gasteiger partial charge in [0.15, 0.2) is 21.3 Å². The Balaban J connectivity index is 1.61. The molecule has 0 fully saturated rings. The predicted molar refractivity (Wildman–Crippen MR) is 123 cm³/mol. The molecule has 0 spiro atoms. The lowest BCUT2D eigenvalue weighted by Crippen LogP contribution is -2.13. The predicted octanol–water partition coefficient (Wildman–Crippen LogP) is 4.73. The summed E-state index contributed by atoms with van der Waals surface area (Å²) in [5.41, 5.74) is 7.61. The van der Waals surface area contributed by atoms with Gasteiger partial charge in [-0.3, -0.25) is 0 Å². The Morgan fingerprint density at radius 3 is 2.14 bits per heavy atom. The van der Waals surface area contributed by atoms with Gasteiger partial charge < -0.3 is 10.2 Å². The van der Waals surface area contributed by atoms with E-state index in [1.807, 2.05) is 0 Å². The highest BCUT2D eigenvalue weighted by Crippen LogP contribution is 2.29. The summed E-state index contributed by atoms with van der Waals surface area (Å²) in [4.78, 5) is 8.76. The first-order chi connectivity index (χ1) is 16.4. The van der Waals surface area contributed by atoms with Crippen LogP contribution in [0.1, 0.15) is 19.4 Å². The molecule has 2 heterocycles. The SMILES string of the molecule is CC(C)S(=O)(=O)c1ccc(-c2cnc(N)c(-c3nnc(-c4ccc(CC(F)(F)F)cc4)o3)n2)cc1. The number of sulfone groups is 1. The molecule has 2 aromatic heterocycles. The number of nitrogens with two attached hydrogens (primary N) is 1. The highest BCUT2D eigenvalue weighted by Gasteiger charge is 2.27.